The molecule has 0 aromatic heterocycles. The molecule has 0 radical (unpaired) electrons. The predicted molar refractivity (Wildman–Crippen MR) is 73.9 cm³/mol. The Labute approximate surface area is 112 Å². The molecule has 1 unspecified atom stereocenters. The molecule has 0 bridgehead atoms. The van der Waals surface area contributed by atoms with Crippen LogP contribution in [0.3, 0.4) is 0 Å². The van der Waals surface area contributed by atoms with Crippen molar-refractivity contribution >= 4 is 16.7 Å². The van der Waals surface area contributed by atoms with E-state index in [0.29, 0.717) is 0 Å². The van der Waals surface area contributed by atoms with Crippen LogP contribution in [0.1, 0.15) is 45.4 Å². The van der Waals surface area contributed by atoms with E-state index in [9.17, 15) is 9.00 Å². The van der Waals surface area contributed by atoms with Crippen LogP contribution in [-0.4, -0.2) is 39.7 Å². The van der Waals surface area contributed by atoms with Gasteiger partial charge in [0.1, 0.15) is 0 Å². The van der Waals surface area contributed by atoms with E-state index in [0.717, 1.165) is 56.6 Å². The molecule has 0 spiro atoms. The summed E-state index contributed by atoms with van der Waals surface area (Å²) in [5.74, 6) is 1.64. The lowest BCUT2D eigenvalue weighted by atomic mass is 9.90. The summed E-state index contributed by atoms with van der Waals surface area (Å²) in [6.07, 6.45) is 5.70. The van der Waals surface area contributed by atoms with Crippen LogP contribution in [0.2, 0.25) is 0 Å². The van der Waals surface area contributed by atoms with Crippen molar-refractivity contribution in [2.45, 2.75) is 57.0 Å². The SMILES string of the molecule is CCCC1(C(=O)NC2CCS(=O)CC2)CCCN1. The number of rotatable bonds is 4. The summed E-state index contributed by atoms with van der Waals surface area (Å²) in [4.78, 5) is 12.5. The summed E-state index contributed by atoms with van der Waals surface area (Å²) < 4.78 is 11.3. The quantitative estimate of drug-likeness (QED) is 0.800. The Morgan fingerprint density at radius 1 is 1.44 bits per heavy atom. The minimum absolute atomic E-state index is 0.166. The summed E-state index contributed by atoms with van der Waals surface area (Å²) in [5.41, 5.74) is -0.328. The number of nitrogens with one attached hydrogen (secondary N) is 2. The van der Waals surface area contributed by atoms with Crippen LogP contribution >= 0.6 is 0 Å². The van der Waals surface area contributed by atoms with Crippen molar-refractivity contribution in [3.05, 3.63) is 0 Å². The zero-order chi connectivity index (χ0) is 13.0. The van der Waals surface area contributed by atoms with Gasteiger partial charge in [0.25, 0.3) is 0 Å². The molecule has 2 aliphatic heterocycles. The second-order valence-electron chi connectivity index (χ2n) is 5.46. The lowest BCUT2D eigenvalue weighted by Gasteiger charge is -2.31. The standard InChI is InChI=1S/C13H24N2O2S/c1-2-6-13(7-3-8-14-13)12(16)15-11-4-9-18(17)10-5-11/h11,14H,2-10H2,1H3,(H,15,16). The number of carbonyl (C=O) groups is 1. The van der Waals surface area contributed by atoms with Crippen molar-refractivity contribution in [2.75, 3.05) is 18.1 Å². The molecule has 2 rings (SSSR count). The fraction of sp³-hybridized carbons (Fsp3) is 0.923. The molecule has 2 heterocycles. The summed E-state index contributed by atoms with van der Waals surface area (Å²) in [6.45, 7) is 3.07. The molecule has 4 nitrogen and oxygen atoms in total. The Bertz CT molecular complexity index is 317. The van der Waals surface area contributed by atoms with Crippen LogP contribution < -0.4 is 10.6 Å². The third kappa shape index (κ3) is 3.12. The third-order valence-corrected chi connectivity index (χ3v) is 5.46. The molecule has 1 atom stereocenters. The average molecular weight is 272 g/mol. The first kappa shape index (κ1) is 14.0. The van der Waals surface area contributed by atoms with E-state index in [1.54, 1.807) is 0 Å². The highest BCUT2D eigenvalue weighted by molar-refractivity contribution is 7.85. The minimum atomic E-state index is -0.658. The van der Waals surface area contributed by atoms with Gasteiger partial charge in [-0.25, -0.2) is 0 Å². The highest BCUT2D eigenvalue weighted by atomic mass is 32.2. The van der Waals surface area contributed by atoms with E-state index >= 15 is 0 Å². The first-order valence-electron chi connectivity index (χ1n) is 7.07. The Morgan fingerprint density at radius 2 is 2.17 bits per heavy atom. The van der Waals surface area contributed by atoms with E-state index in [-0.39, 0.29) is 17.5 Å². The van der Waals surface area contributed by atoms with Crippen LogP contribution in [0.4, 0.5) is 0 Å². The minimum Gasteiger partial charge on any atom is -0.352 e. The van der Waals surface area contributed by atoms with Crippen molar-refractivity contribution in [3.8, 4) is 0 Å². The van der Waals surface area contributed by atoms with Crippen molar-refractivity contribution in [1.82, 2.24) is 10.6 Å². The van der Waals surface area contributed by atoms with Crippen LogP contribution in [0.15, 0.2) is 0 Å². The summed E-state index contributed by atoms with van der Waals surface area (Å²) >= 11 is 0. The van der Waals surface area contributed by atoms with Crippen LogP contribution in [0.5, 0.6) is 0 Å². The molecule has 2 aliphatic rings. The zero-order valence-corrected chi connectivity index (χ0v) is 12.0. The fourth-order valence-corrected chi connectivity index (χ4v) is 4.31. The largest absolute Gasteiger partial charge is 0.352 e. The van der Waals surface area contributed by atoms with Gasteiger partial charge in [-0.3, -0.25) is 9.00 Å². The van der Waals surface area contributed by atoms with Crippen molar-refractivity contribution < 1.29 is 9.00 Å². The molecule has 5 heteroatoms. The summed E-state index contributed by atoms with van der Waals surface area (Å²) in [5, 5.41) is 6.57. The maximum absolute atomic E-state index is 12.5. The van der Waals surface area contributed by atoms with Gasteiger partial charge in [0.15, 0.2) is 0 Å². The Hall–Kier alpha value is -0.420. The van der Waals surface area contributed by atoms with Crippen molar-refractivity contribution in [2.24, 2.45) is 0 Å². The maximum Gasteiger partial charge on any atom is 0.240 e. The molecule has 0 aromatic rings. The molecule has 18 heavy (non-hydrogen) atoms. The Balaban J connectivity index is 1.91. The predicted octanol–water partition coefficient (Wildman–Crippen LogP) is 0.936. The smallest absolute Gasteiger partial charge is 0.240 e. The molecular formula is C13H24N2O2S. The number of hydrogen-bond acceptors (Lipinski definition) is 3. The number of carbonyl (C=O) groups excluding carboxylic acids is 1. The molecule has 104 valence electrons. The number of hydrogen-bond donors (Lipinski definition) is 2. The second kappa shape index (κ2) is 6.15. The van der Waals surface area contributed by atoms with E-state index in [2.05, 4.69) is 17.6 Å². The van der Waals surface area contributed by atoms with E-state index in [4.69, 9.17) is 0 Å². The van der Waals surface area contributed by atoms with E-state index in [1.807, 2.05) is 0 Å². The van der Waals surface area contributed by atoms with Crippen LogP contribution in [0, 0.1) is 0 Å². The zero-order valence-electron chi connectivity index (χ0n) is 11.2. The monoisotopic (exact) mass is 272 g/mol. The van der Waals surface area contributed by atoms with Gasteiger partial charge in [0, 0.05) is 28.3 Å². The van der Waals surface area contributed by atoms with Gasteiger partial charge in [-0.05, 0) is 38.6 Å². The molecule has 2 saturated heterocycles. The summed E-state index contributed by atoms with van der Waals surface area (Å²) in [7, 11) is -0.658. The highest BCUT2D eigenvalue weighted by Gasteiger charge is 2.40. The molecule has 0 aliphatic carbocycles. The Kier molecular flexibility index (Phi) is 4.78. The van der Waals surface area contributed by atoms with Gasteiger partial charge < -0.3 is 10.6 Å². The molecule has 2 N–H and O–H groups in total. The average Bonchev–Trinajstić information content (AvgIpc) is 2.82. The number of amides is 1. The lowest BCUT2D eigenvalue weighted by Crippen LogP contribution is -2.56. The fourth-order valence-electron chi connectivity index (χ4n) is 3.02. The van der Waals surface area contributed by atoms with Crippen molar-refractivity contribution in [1.29, 1.82) is 0 Å². The summed E-state index contributed by atoms with van der Waals surface area (Å²) in [6, 6.07) is 0.228. The van der Waals surface area contributed by atoms with Gasteiger partial charge in [0.2, 0.25) is 5.91 Å². The topological polar surface area (TPSA) is 58.2 Å². The van der Waals surface area contributed by atoms with Crippen molar-refractivity contribution in [3.63, 3.8) is 0 Å². The van der Waals surface area contributed by atoms with E-state index < -0.39 is 10.8 Å². The molecule has 0 saturated carbocycles. The van der Waals surface area contributed by atoms with Gasteiger partial charge in [-0.1, -0.05) is 13.3 Å². The van der Waals surface area contributed by atoms with Gasteiger partial charge in [-0.2, -0.15) is 0 Å². The molecule has 1 amide bonds. The van der Waals surface area contributed by atoms with Gasteiger partial charge >= 0.3 is 0 Å². The molecule has 0 aromatic carbocycles. The Morgan fingerprint density at radius 3 is 2.72 bits per heavy atom. The maximum atomic E-state index is 12.5. The van der Waals surface area contributed by atoms with E-state index in [1.165, 1.54) is 0 Å². The second-order valence-corrected chi connectivity index (χ2v) is 7.15. The first-order chi connectivity index (χ1) is 8.66. The molecule has 2 fully saturated rings. The third-order valence-electron chi connectivity index (χ3n) is 4.08. The van der Waals surface area contributed by atoms with Crippen LogP contribution in [0.25, 0.3) is 0 Å². The first-order valence-corrected chi connectivity index (χ1v) is 8.56. The lowest BCUT2D eigenvalue weighted by molar-refractivity contribution is -0.128. The normalized spacial score (nSPS) is 36.5. The highest BCUT2D eigenvalue weighted by Crippen LogP contribution is 2.25. The van der Waals surface area contributed by atoms with Crippen LogP contribution in [-0.2, 0) is 15.6 Å². The van der Waals surface area contributed by atoms with Gasteiger partial charge in [0.05, 0.1) is 5.54 Å². The molecular weight excluding hydrogens is 248 g/mol. The van der Waals surface area contributed by atoms with Gasteiger partial charge in [-0.15, -0.1) is 0 Å².